The molecule has 1 heterocycles. The van der Waals surface area contributed by atoms with Crippen LogP contribution in [0.4, 0.5) is 5.69 Å². The van der Waals surface area contributed by atoms with Crippen LogP contribution in [0, 0.1) is 0 Å². The fourth-order valence-corrected chi connectivity index (χ4v) is 1.92. The third-order valence-corrected chi connectivity index (χ3v) is 3.16. The topological polar surface area (TPSA) is 59.6 Å². The molecule has 0 radical (unpaired) electrons. The normalized spacial score (nSPS) is 16.8. The molecule has 1 aliphatic rings. The van der Waals surface area contributed by atoms with Crippen LogP contribution in [0.3, 0.4) is 0 Å². The van der Waals surface area contributed by atoms with Gasteiger partial charge in [-0.05, 0) is 25.5 Å². The van der Waals surface area contributed by atoms with Gasteiger partial charge in [0.1, 0.15) is 0 Å². The number of hydrogen-bond acceptors (Lipinski definition) is 4. The van der Waals surface area contributed by atoms with Gasteiger partial charge >= 0.3 is 0 Å². The van der Waals surface area contributed by atoms with Crippen molar-refractivity contribution in [1.82, 2.24) is 5.32 Å². The number of anilines is 1. The SMILES string of the molecule is CCC(C)NCC(=O)Nc1ccc2c(c1)OC(C)(C)O2. The number of ether oxygens (including phenoxy) is 2. The maximum Gasteiger partial charge on any atom is 0.246 e. The molecule has 2 rings (SSSR count). The van der Waals surface area contributed by atoms with Crippen LogP contribution in [0.5, 0.6) is 11.5 Å². The lowest BCUT2D eigenvalue weighted by atomic mass is 10.2. The second-order valence-electron chi connectivity index (χ2n) is 5.50. The average Bonchev–Trinajstić information content (AvgIpc) is 2.69. The predicted molar refractivity (Wildman–Crippen MR) is 78.2 cm³/mol. The highest BCUT2D eigenvalue weighted by atomic mass is 16.7. The molecule has 0 aliphatic carbocycles. The lowest BCUT2D eigenvalue weighted by Crippen LogP contribution is -2.33. The minimum absolute atomic E-state index is 0.0663. The Morgan fingerprint density at radius 2 is 2.00 bits per heavy atom. The maximum absolute atomic E-state index is 11.8. The number of hydrogen-bond donors (Lipinski definition) is 2. The van der Waals surface area contributed by atoms with E-state index < -0.39 is 5.79 Å². The second kappa shape index (κ2) is 5.71. The Morgan fingerprint density at radius 1 is 1.30 bits per heavy atom. The molecule has 0 spiro atoms. The first-order chi connectivity index (χ1) is 9.39. The average molecular weight is 278 g/mol. The predicted octanol–water partition coefficient (Wildman–Crippen LogP) is 2.52. The van der Waals surface area contributed by atoms with Crippen molar-refractivity contribution in [2.75, 3.05) is 11.9 Å². The van der Waals surface area contributed by atoms with Crippen LogP contribution in [0.25, 0.3) is 0 Å². The van der Waals surface area contributed by atoms with E-state index in [0.29, 0.717) is 29.8 Å². The van der Waals surface area contributed by atoms with Crippen molar-refractivity contribution in [2.24, 2.45) is 0 Å². The number of nitrogens with one attached hydrogen (secondary N) is 2. The third kappa shape index (κ3) is 3.63. The van der Waals surface area contributed by atoms with Crippen molar-refractivity contribution >= 4 is 11.6 Å². The molecule has 110 valence electrons. The zero-order chi connectivity index (χ0) is 14.8. The summed E-state index contributed by atoms with van der Waals surface area (Å²) in [5.74, 6) is 0.639. The summed E-state index contributed by atoms with van der Waals surface area (Å²) in [4.78, 5) is 11.8. The van der Waals surface area contributed by atoms with E-state index in [2.05, 4.69) is 24.5 Å². The van der Waals surface area contributed by atoms with Crippen LogP contribution in [0.15, 0.2) is 18.2 Å². The van der Waals surface area contributed by atoms with Crippen LogP contribution in [0.2, 0.25) is 0 Å². The number of benzene rings is 1. The molecule has 1 aliphatic heterocycles. The number of fused-ring (bicyclic) bond motifs is 1. The lowest BCUT2D eigenvalue weighted by Gasteiger charge is -2.16. The molecule has 20 heavy (non-hydrogen) atoms. The molecule has 1 atom stereocenters. The smallest absolute Gasteiger partial charge is 0.246 e. The summed E-state index contributed by atoms with van der Waals surface area (Å²) in [6.07, 6.45) is 0.992. The van der Waals surface area contributed by atoms with Crippen molar-refractivity contribution in [3.05, 3.63) is 18.2 Å². The molecule has 2 N–H and O–H groups in total. The molecule has 1 amide bonds. The van der Waals surface area contributed by atoms with E-state index in [0.717, 1.165) is 6.42 Å². The molecule has 0 saturated heterocycles. The first-order valence-electron chi connectivity index (χ1n) is 6.95. The number of amides is 1. The monoisotopic (exact) mass is 278 g/mol. The van der Waals surface area contributed by atoms with E-state index in [9.17, 15) is 4.79 Å². The second-order valence-corrected chi connectivity index (χ2v) is 5.50. The maximum atomic E-state index is 11.8. The van der Waals surface area contributed by atoms with Gasteiger partial charge in [-0.15, -0.1) is 0 Å². The van der Waals surface area contributed by atoms with Gasteiger partial charge < -0.3 is 20.1 Å². The Morgan fingerprint density at radius 3 is 2.70 bits per heavy atom. The van der Waals surface area contributed by atoms with E-state index in [1.807, 2.05) is 26.0 Å². The highest BCUT2D eigenvalue weighted by Gasteiger charge is 2.31. The summed E-state index contributed by atoms with van der Waals surface area (Å²) in [5.41, 5.74) is 0.709. The molecule has 5 nitrogen and oxygen atoms in total. The number of rotatable bonds is 5. The summed E-state index contributed by atoms with van der Waals surface area (Å²) >= 11 is 0. The van der Waals surface area contributed by atoms with Crippen LogP contribution >= 0.6 is 0 Å². The van der Waals surface area contributed by atoms with Crippen LogP contribution in [-0.2, 0) is 4.79 Å². The van der Waals surface area contributed by atoms with Gasteiger partial charge in [-0.3, -0.25) is 4.79 Å². The molecule has 0 bridgehead atoms. The summed E-state index contributed by atoms with van der Waals surface area (Å²) in [7, 11) is 0. The lowest BCUT2D eigenvalue weighted by molar-refractivity contribution is -0.115. The zero-order valence-electron chi connectivity index (χ0n) is 12.4. The Kier molecular flexibility index (Phi) is 4.18. The zero-order valence-corrected chi connectivity index (χ0v) is 12.4. The fourth-order valence-electron chi connectivity index (χ4n) is 1.92. The van der Waals surface area contributed by atoms with Gasteiger partial charge in [0.15, 0.2) is 11.5 Å². The molecular weight excluding hydrogens is 256 g/mol. The first kappa shape index (κ1) is 14.7. The van der Waals surface area contributed by atoms with Crippen LogP contribution in [0.1, 0.15) is 34.1 Å². The molecule has 5 heteroatoms. The Bertz CT molecular complexity index is 500. The molecule has 1 unspecified atom stereocenters. The highest BCUT2D eigenvalue weighted by molar-refractivity contribution is 5.92. The Balaban J connectivity index is 1.93. The molecule has 0 aromatic heterocycles. The Hall–Kier alpha value is -1.75. The Labute approximate surface area is 119 Å². The van der Waals surface area contributed by atoms with Crippen molar-refractivity contribution in [1.29, 1.82) is 0 Å². The van der Waals surface area contributed by atoms with Gasteiger partial charge in [-0.2, -0.15) is 0 Å². The van der Waals surface area contributed by atoms with Crippen LogP contribution in [-0.4, -0.2) is 24.3 Å². The van der Waals surface area contributed by atoms with Gasteiger partial charge in [0.2, 0.25) is 11.7 Å². The largest absolute Gasteiger partial charge is 0.449 e. The fraction of sp³-hybridized carbons (Fsp3) is 0.533. The van der Waals surface area contributed by atoms with E-state index in [1.54, 1.807) is 6.07 Å². The molecule has 1 aromatic carbocycles. The van der Waals surface area contributed by atoms with Gasteiger partial charge in [-0.1, -0.05) is 6.92 Å². The minimum Gasteiger partial charge on any atom is -0.449 e. The van der Waals surface area contributed by atoms with Gasteiger partial charge in [0.05, 0.1) is 6.54 Å². The van der Waals surface area contributed by atoms with E-state index >= 15 is 0 Å². The van der Waals surface area contributed by atoms with Crippen LogP contribution < -0.4 is 20.1 Å². The van der Waals surface area contributed by atoms with Crippen molar-refractivity contribution in [3.8, 4) is 11.5 Å². The summed E-state index contributed by atoms with van der Waals surface area (Å²) in [6.45, 7) is 8.13. The summed E-state index contributed by atoms with van der Waals surface area (Å²) < 4.78 is 11.2. The van der Waals surface area contributed by atoms with Gasteiger partial charge in [0.25, 0.3) is 0 Å². The van der Waals surface area contributed by atoms with E-state index in [4.69, 9.17) is 9.47 Å². The van der Waals surface area contributed by atoms with Gasteiger partial charge in [-0.25, -0.2) is 0 Å². The number of carbonyl (C=O) groups is 1. The standard InChI is InChI=1S/C15H22N2O3/c1-5-10(2)16-9-14(18)17-11-6-7-12-13(8-11)20-15(3,4)19-12/h6-8,10,16H,5,9H2,1-4H3,(H,17,18). The quantitative estimate of drug-likeness (QED) is 0.869. The van der Waals surface area contributed by atoms with Gasteiger partial charge in [0, 0.05) is 31.6 Å². The first-order valence-corrected chi connectivity index (χ1v) is 6.95. The molecular formula is C15H22N2O3. The molecule has 0 fully saturated rings. The highest BCUT2D eigenvalue weighted by Crippen LogP contribution is 2.40. The minimum atomic E-state index is -0.650. The summed E-state index contributed by atoms with van der Waals surface area (Å²) in [5, 5.41) is 5.99. The summed E-state index contributed by atoms with van der Waals surface area (Å²) in [6, 6.07) is 5.73. The number of carbonyl (C=O) groups excluding carboxylic acids is 1. The van der Waals surface area contributed by atoms with Crippen molar-refractivity contribution in [3.63, 3.8) is 0 Å². The van der Waals surface area contributed by atoms with Crippen molar-refractivity contribution in [2.45, 2.75) is 45.9 Å². The molecule has 1 aromatic rings. The third-order valence-electron chi connectivity index (χ3n) is 3.16. The molecule has 0 saturated carbocycles. The van der Waals surface area contributed by atoms with Crippen molar-refractivity contribution < 1.29 is 14.3 Å². The van der Waals surface area contributed by atoms with E-state index in [1.165, 1.54) is 0 Å². The van der Waals surface area contributed by atoms with E-state index in [-0.39, 0.29) is 5.91 Å².